The van der Waals surface area contributed by atoms with Crippen molar-refractivity contribution in [1.82, 2.24) is 14.9 Å². The van der Waals surface area contributed by atoms with Gasteiger partial charge in [0.05, 0.1) is 0 Å². The van der Waals surface area contributed by atoms with Crippen LogP contribution in [0.1, 0.15) is 33.4 Å². The zero-order chi connectivity index (χ0) is 16.5. The van der Waals surface area contributed by atoms with Gasteiger partial charge in [-0.2, -0.15) is 0 Å². The van der Waals surface area contributed by atoms with Gasteiger partial charge in [0.2, 0.25) is 5.95 Å². The zero-order valence-corrected chi connectivity index (χ0v) is 14.5. The normalized spacial score (nSPS) is 19.3. The van der Waals surface area contributed by atoms with Gasteiger partial charge in [-0.05, 0) is 40.7 Å². The number of hydrogen-bond acceptors (Lipinski definition) is 5. The summed E-state index contributed by atoms with van der Waals surface area (Å²) in [6, 6.07) is 1.83. The van der Waals surface area contributed by atoms with Crippen molar-refractivity contribution in [1.29, 1.82) is 0 Å². The minimum Gasteiger partial charge on any atom is -0.444 e. The second-order valence-corrected chi connectivity index (χ2v) is 6.99. The molecule has 1 amide bonds. The molecule has 0 spiro atoms. The highest BCUT2D eigenvalue weighted by Crippen LogP contribution is 2.20. The van der Waals surface area contributed by atoms with E-state index in [1.54, 1.807) is 11.0 Å². The Morgan fingerprint density at radius 3 is 2.59 bits per heavy atom. The standard InChI is InChI=1S/C15H23ClN4O2/c1-10-8-12(16)18-13(17-10)20-7-6-19(9-11(20)2)14(21)22-15(3,4)5/h8,11H,6-7,9H2,1-5H3/t11-/m1/s1. The lowest BCUT2D eigenvalue weighted by atomic mass is 10.2. The van der Waals surface area contributed by atoms with Gasteiger partial charge < -0.3 is 14.5 Å². The maximum atomic E-state index is 12.1. The highest BCUT2D eigenvalue weighted by Gasteiger charge is 2.31. The molecule has 22 heavy (non-hydrogen) atoms. The van der Waals surface area contributed by atoms with E-state index < -0.39 is 5.60 Å². The Labute approximate surface area is 136 Å². The van der Waals surface area contributed by atoms with E-state index in [-0.39, 0.29) is 12.1 Å². The molecule has 0 saturated carbocycles. The first-order valence-electron chi connectivity index (χ1n) is 7.41. The fraction of sp³-hybridized carbons (Fsp3) is 0.667. The summed E-state index contributed by atoms with van der Waals surface area (Å²) in [5.41, 5.74) is 0.349. The molecule has 0 bridgehead atoms. The Bertz CT molecular complexity index is 539. The highest BCUT2D eigenvalue weighted by molar-refractivity contribution is 6.29. The second-order valence-electron chi connectivity index (χ2n) is 6.60. The van der Waals surface area contributed by atoms with E-state index in [9.17, 15) is 4.79 Å². The molecule has 1 atom stereocenters. The maximum absolute atomic E-state index is 12.1. The van der Waals surface area contributed by atoms with Gasteiger partial charge in [-0.15, -0.1) is 0 Å². The Morgan fingerprint density at radius 1 is 1.36 bits per heavy atom. The van der Waals surface area contributed by atoms with Gasteiger partial charge in [-0.3, -0.25) is 0 Å². The molecule has 1 aromatic rings. The molecule has 1 aromatic heterocycles. The Morgan fingerprint density at radius 2 is 2.05 bits per heavy atom. The topological polar surface area (TPSA) is 58.6 Å². The molecule has 1 aliphatic heterocycles. The van der Waals surface area contributed by atoms with E-state index in [0.29, 0.717) is 30.7 Å². The molecule has 0 unspecified atom stereocenters. The predicted octanol–water partition coefficient (Wildman–Crippen LogP) is 2.88. The molecule has 0 N–H and O–H groups in total. The van der Waals surface area contributed by atoms with Crippen LogP contribution < -0.4 is 4.90 Å². The largest absolute Gasteiger partial charge is 0.444 e. The summed E-state index contributed by atoms with van der Waals surface area (Å²) in [5.74, 6) is 0.612. The van der Waals surface area contributed by atoms with Crippen molar-refractivity contribution >= 4 is 23.6 Å². The average Bonchev–Trinajstić information content (AvgIpc) is 2.35. The van der Waals surface area contributed by atoms with Crippen molar-refractivity contribution < 1.29 is 9.53 Å². The van der Waals surface area contributed by atoms with Crippen LogP contribution in [0.5, 0.6) is 0 Å². The molecule has 0 aliphatic carbocycles. The quantitative estimate of drug-likeness (QED) is 0.743. The summed E-state index contributed by atoms with van der Waals surface area (Å²) in [5, 5.41) is 0.435. The van der Waals surface area contributed by atoms with E-state index >= 15 is 0 Å². The Balaban J connectivity index is 2.05. The number of carbonyl (C=O) groups excluding carboxylic acids is 1. The van der Waals surface area contributed by atoms with Crippen molar-refractivity contribution in [3.8, 4) is 0 Å². The molecule has 0 aromatic carbocycles. The van der Waals surface area contributed by atoms with Crippen LogP contribution >= 0.6 is 11.6 Å². The number of amides is 1. The van der Waals surface area contributed by atoms with Crippen LogP contribution in [0.25, 0.3) is 0 Å². The van der Waals surface area contributed by atoms with E-state index in [4.69, 9.17) is 16.3 Å². The lowest BCUT2D eigenvalue weighted by molar-refractivity contribution is 0.0218. The molecule has 122 valence electrons. The summed E-state index contributed by atoms with van der Waals surface area (Å²) >= 11 is 6.01. The van der Waals surface area contributed by atoms with Crippen molar-refractivity contribution in [3.05, 3.63) is 16.9 Å². The lowest BCUT2D eigenvalue weighted by Gasteiger charge is -2.40. The minimum atomic E-state index is -0.482. The van der Waals surface area contributed by atoms with Gasteiger partial charge in [0.25, 0.3) is 0 Å². The van der Waals surface area contributed by atoms with Gasteiger partial charge >= 0.3 is 6.09 Å². The van der Waals surface area contributed by atoms with E-state index in [1.165, 1.54) is 0 Å². The third-order valence-corrected chi connectivity index (χ3v) is 3.54. The number of anilines is 1. The van der Waals surface area contributed by atoms with Gasteiger partial charge in [-0.25, -0.2) is 14.8 Å². The average molecular weight is 327 g/mol. The van der Waals surface area contributed by atoms with E-state index in [2.05, 4.69) is 14.9 Å². The monoisotopic (exact) mass is 326 g/mol. The van der Waals surface area contributed by atoms with E-state index in [0.717, 1.165) is 5.69 Å². The first-order chi connectivity index (χ1) is 10.2. The number of ether oxygens (including phenoxy) is 1. The van der Waals surface area contributed by atoms with Crippen LogP contribution in [0.3, 0.4) is 0 Å². The van der Waals surface area contributed by atoms with Crippen molar-refractivity contribution in [2.75, 3.05) is 24.5 Å². The summed E-state index contributed by atoms with van der Waals surface area (Å²) < 4.78 is 5.42. The molecule has 2 heterocycles. The zero-order valence-electron chi connectivity index (χ0n) is 13.8. The molecule has 7 heteroatoms. The lowest BCUT2D eigenvalue weighted by Crippen LogP contribution is -2.55. The van der Waals surface area contributed by atoms with Crippen LogP contribution in [-0.2, 0) is 4.74 Å². The first-order valence-corrected chi connectivity index (χ1v) is 7.79. The molecule has 1 fully saturated rings. The molecule has 1 aliphatic rings. The second kappa shape index (κ2) is 6.28. The van der Waals surface area contributed by atoms with Gasteiger partial charge in [0.15, 0.2) is 0 Å². The van der Waals surface area contributed by atoms with Crippen LogP contribution in [0.2, 0.25) is 5.15 Å². The third-order valence-electron chi connectivity index (χ3n) is 3.35. The van der Waals surface area contributed by atoms with Crippen LogP contribution in [0, 0.1) is 6.92 Å². The van der Waals surface area contributed by atoms with Crippen molar-refractivity contribution in [2.24, 2.45) is 0 Å². The summed E-state index contributed by atoms with van der Waals surface area (Å²) in [7, 11) is 0. The Kier molecular flexibility index (Phi) is 4.80. The molecular formula is C15H23ClN4O2. The number of nitrogens with zero attached hydrogens (tertiary/aromatic N) is 4. The van der Waals surface area contributed by atoms with Gasteiger partial charge in [-0.1, -0.05) is 11.6 Å². The number of rotatable bonds is 1. The Hall–Kier alpha value is -1.56. The summed E-state index contributed by atoms with van der Waals surface area (Å²) in [6.07, 6.45) is -0.276. The number of aryl methyl sites for hydroxylation is 1. The summed E-state index contributed by atoms with van der Waals surface area (Å²) in [4.78, 5) is 24.7. The molecular weight excluding hydrogens is 304 g/mol. The highest BCUT2D eigenvalue weighted by atomic mass is 35.5. The van der Waals surface area contributed by atoms with Crippen LogP contribution in [0.4, 0.5) is 10.7 Å². The third kappa shape index (κ3) is 4.22. The first kappa shape index (κ1) is 16.8. The molecule has 6 nitrogen and oxygen atoms in total. The van der Waals surface area contributed by atoms with Gasteiger partial charge in [0, 0.05) is 31.4 Å². The molecule has 0 radical (unpaired) electrons. The molecule has 1 saturated heterocycles. The molecule has 2 rings (SSSR count). The SMILES string of the molecule is Cc1cc(Cl)nc(N2CCN(C(=O)OC(C)(C)C)C[C@H]2C)n1. The van der Waals surface area contributed by atoms with Crippen LogP contribution in [-0.4, -0.2) is 52.2 Å². The number of halogens is 1. The number of carbonyl (C=O) groups is 1. The fourth-order valence-corrected chi connectivity index (χ4v) is 2.62. The number of aromatic nitrogens is 2. The van der Waals surface area contributed by atoms with Gasteiger partial charge in [0.1, 0.15) is 10.8 Å². The van der Waals surface area contributed by atoms with Crippen LogP contribution in [0.15, 0.2) is 6.07 Å². The predicted molar refractivity (Wildman–Crippen MR) is 86.4 cm³/mol. The smallest absolute Gasteiger partial charge is 0.410 e. The fourth-order valence-electron chi connectivity index (χ4n) is 2.39. The maximum Gasteiger partial charge on any atom is 0.410 e. The van der Waals surface area contributed by atoms with Crippen molar-refractivity contribution in [3.63, 3.8) is 0 Å². The van der Waals surface area contributed by atoms with Crippen molar-refractivity contribution in [2.45, 2.75) is 46.3 Å². The minimum absolute atomic E-state index is 0.0964. The number of piperazine rings is 1. The van der Waals surface area contributed by atoms with E-state index in [1.807, 2.05) is 34.6 Å². The number of hydrogen-bond donors (Lipinski definition) is 0. The summed E-state index contributed by atoms with van der Waals surface area (Å²) in [6.45, 7) is 11.3.